The van der Waals surface area contributed by atoms with E-state index in [9.17, 15) is 9.59 Å². The smallest absolute Gasteiger partial charge is 0.229 e. The summed E-state index contributed by atoms with van der Waals surface area (Å²) in [6, 6.07) is 0. The number of hydrogen-bond donors (Lipinski definition) is 2. The van der Waals surface area contributed by atoms with Crippen molar-refractivity contribution in [2.75, 3.05) is 33.4 Å². The number of aliphatic imine (C=N–C) groups is 1. The van der Waals surface area contributed by atoms with Crippen LogP contribution in [0.3, 0.4) is 0 Å². The number of likely N-dealkylation sites (tertiary alicyclic amines) is 1. The van der Waals surface area contributed by atoms with Crippen LogP contribution in [-0.2, 0) is 14.3 Å². The van der Waals surface area contributed by atoms with Gasteiger partial charge >= 0.3 is 0 Å². The molecule has 7 nitrogen and oxygen atoms in total. The topological polar surface area (TPSA) is 97.0 Å². The lowest BCUT2D eigenvalue weighted by Gasteiger charge is -2.24. The first-order valence-electron chi connectivity index (χ1n) is 6.01. The van der Waals surface area contributed by atoms with Crippen LogP contribution in [0.5, 0.6) is 0 Å². The Morgan fingerprint density at radius 1 is 1.42 bits per heavy atom. The molecule has 0 saturated carbocycles. The van der Waals surface area contributed by atoms with E-state index in [-0.39, 0.29) is 35.8 Å². The average Bonchev–Trinajstić information content (AvgIpc) is 2.33. The minimum absolute atomic E-state index is 0. The van der Waals surface area contributed by atoms with Crippen molar-refractivity contribution < 1.29 is 14.3 Å². The lowest BCUT2D eigenvalue weighted by Crippen LogP contribution is -2.45. The molecular weight excluding hydrogens is 363 g/mol. The highest BCUT2D eigenvalue weighted by Crippen LogP contribution is 2.10. The summed E-state index contributed by atoms with van der Waals surface area (Å²) < 4.78 is 4.83. The van der Waals surface area contributed by atoms with Crippen molar-refractivity contribution in [2.24, 2.45) is 10.7 Å². The van der Waals surface area contributed by atoms with Crippen LogP contribution in [-0.4, -0.2) is 56.0 Å². The van der Waals surface area contributed by atoms with Crippen LogP contribution >= 0.6 is 24.0 Å². The van der Waals surface area contributed by atoms with Gasteiger partial charge < -0.3 is 15.8 Å². The normalized spacial score (nSPS) is 16.3. The summed E-state index contributed by atoms with van der Waals surface area (Å²) in [7, 11) is 1.59. The third-order valence-corrected chi connectivity index (χ3v) is 2.60. The van der Waals surface area contributed by atoms with Crippen molar-refractivity contribution >= 4 is 41.8 Å². The second kappa shape index (κ2) is 9.96. The Balaban J connectivity index is 0.00000324. The maximum Gasteiger partial charge on any atom is 0.229 e. The Morgan fingerprint density at radius 2 is 2.05 bits per heavy atom. The second-order valence-corrected chi connectivity index (χ2v) is 3.98. The van der Waals surface area contributed by atoms with Crippen molar-refractivity contribution in [1.82, 2.24) is 10.2 Å². The molecule has 1 saturated heterocycles. The number of nitrogens with two attached hydrogens (primary N) is 1. The van der Waals surface area contributed by atoms with Crippen LogP contribution in [0, 0.1) is 0 Å². The zero-order valence-electron chi connectivity index (χ0n) is 11.1. The number of nitrogens with one attached hydrogen (secondary N) is 1. The summed E-state index contributed by atoms with van der Waals surface area (Å²) in [6.45, 7) is 1.74. The highest BCUT2D eigenvalue weighted by atomic mass is 127. The summed E-state index contributed by atoms with van der Waals surface area (Å²) in [5, 5.41) is 2.86. The SMILES string of the molecule is COCCN=C(N)NCCN1C(=O)CCCC1=O.I. The molecule has 0 aliphatic carbocycles. The van der Waals surface area contributed by atoms with E-state index >= 15 is 0 Å². The molecule has 0 unspecified atom stereocenters. The van der Waals surface area contributed by atoms with E-state index in [1.165, 1.54) is 4.90 Å². The summed E-state index contributed by atoms with van der Waals surface area (Å²) in [5.74, 6) is 0.0786. The zero-order chi connectivity index (χ0) is 13.4. The Morgan fingerprint density at radius 3 is 2.63 bits per heavy atom. The molecule has 1 aliphatic rings. The third-order valence-electron chi connectivity index (χ3n) is 2.60. The number of halogens is 1. The molecule has 0 aromatic rings. The number of imide groups is 1. The number of hydrogen-bond acceptors (Lipinski definition) is 4. The molecule has 0 aromatic carbocycles. The monoisotopic (exact) mass is 384 g/mol. The van der Waals surface area contributed by atoms with E-state index in [0.29, 0.717) is 51.5 Å². The van der Waals surface area contributed by atoms with Crippen molar-refractivity contribution in [3.05, 3.63) is 0 Å². The molecule has 0 bridgehead atoms. The first-order valence-corrected chi connectivity index (χ1v) is 6.01. The molecule has 0 aromatic heterocycles. The standard InChI is InChI=1S/C11H20N4O3.HI/c1-18-8-6-14-11(12)13-5-7-15-9(16)3-2-4-10(15)17;/h2-8H2,1H3,(H3,12,13,14);1H. The molecule has 8 heteroatoms. The molecule has 1 heterocycles. The number of rotatable bonds is 6. The van der Waals surface area contributed by atoms with Gasteiger partial charge in [-0.2, -0.15) is 0 Å². The van der Waals surface area contributed by atoms with Crippen molar-refractivity contribution in [3.8, 4) is 0 Å². The maximum absolute atomic E-state index is 11.5. The van der Waals surface area contributed by atoms with Crippen molar-refractivity contribution in [1.29, 1.82) is 0 Å². The quantitative estimate of drug-likeness (QED) is 0.215. The van der Waals surface area contributed by atoms with Gasteiger partial charge in [0.25, 0.3) is 0 Å². The van der Waals surface area contributed by atoms with Crippen LogP contribution in [0.4, 0.5) is 0 Å². The Kier molecular flexibility index (Phi) is 9.48. The first kappa shape index (κ1) is 18.1. The summed E-state index contributed by atoms with van der Waals surface area (Å²) in [5.41, 5.74) is 5.59. The summed E-state index contributed by atoms with van der Waals surface area (Å²) in [4.78, 5) is 28.3. The van der Waals surface area contributed by atoms with E-state index in [1.54, 1.807) is 7.11 Å². The fourth-order valence-corrected chi connectivity index (χ4v) is 1.66. The Bertz CT molecular complexity index is 320. The molecule has 1 fully saturated rings. The predicted molar refractivity (Wildman–Crippen MR) is 82.4 cm³/mol. The number of amides is 2. The third kappa shape index (κ3) is 6.71. The van der Waals surface area contributed by atoms with E-state index in [2.05, 4.69) is 10.3 Å². The van der Waals surface area contributed by atoms with E-state index in [0.717, 1.165) is 0 Å². The average molecular weight is 384 g/mol. The second-order valence-electron chi connectivity index (χ2n) is 3.98. The van der Waals surface area contributed by atoms with Gasteiger partial charge in [0.2, 0.25) is 11.8 Å². The van der Waals surface area contributed by atoms with Crippen LogP contribution < -0.4 is 11.1 Å². The number of piperidine rings is 1. The van der Waals surface area contributed by atoms with Crippen LogP contribution in [0.2, 0.25) is 0 Å². The number of carbonyl (C=O) groups excluding carboxylic acids is 2. The molecule has 1 aliphatic heterocycles. The molecule has 0 spiro atoms. The van der Waals surface area contributed by atoms with E-state index < -0.39 is 0 Å². The lowest BCUT2D eigenvalue weighted by atomic mass is 10.1. The fourth-order valence-electron chi connectivity index (χ4n) is 1.66. The minimum atomic E-state index is -0.108. The lowest BCUT2D eigenvalue weighted by molar-refractivity contribution is -0.147. The number of guanidine groups is 1. The molecule has 3 N–H and O–H groups in total. The van der Waals surface area contributed by atoms with Crippen LogP contribution in [0.25, 0.3) is 0 Å². The van der Waals surface area contributed by atoms with Gasteiger partial charge in [-0.3, -0.25) is 19.5 Å². The maximum atomic E-state index is 11.5. The highest BCUT2D eigenvalue weighted by Gasteiger charge is 2.24. The minimum Gasteiger partial charge on any atom is -0.383 e. The van der Waals surface area contributed by atoms with Gasteiger partial charge in [0.05, 0.1) is 13.2 Å². The van der Waals surface area contributed by atoms with Gasteiger partial charge in [0.15, 0.2) is 5.96 Å². The van der Waals surface area contributed by atoms with Gasteiger partial charge in [-0.1, -0.05) is 0 Å². The predicted octanol–water partition coefficient (Wildman–Crippen LogP) is -0.306. The molecule has 1 rings (SSSR count). The molecule has 0 radical (unpaired) electrons. The van der Waals surface area contributed by atoms with Gasteiger partial charge in [-0.15, -0.1) is 24.0 Å². The van der Waals surface area contributed by atoms with Gasteiger partial charge in [-0.25, -0.2) is 0 Å². The molecule has 19 heavy (non-hydrogen) atoms. The van der Waals surface area contributed by atoms with Crippen molar-refractivity contribution in [3.63, 3.8) is 0 Å². The molecular formula is C11H21IN4O3. The molecule has 2 amide bonds. The number of methoxy groups -OCH3 is 1. The van der Waals surface area contributed by atoms with Gasteiger partial charge in [-0.05, 0) is 6.42 Å². The van der Waals surface area contributed by atoms with Gasteiger partial charge in [0.1, 0.15) is 0 Å². The fraction of sp³-hybridized carbons (Fsp3) is 0.727. The van der Waals surface area contributed by atoms with Crippen LogP contribution in [0.15, 0.2) is 4.99 Å². The van der Waals surface area contributed by atoms with Gasteiger partial charge in [0, 0.05) is 33.0 Å². The number of ether oxygens (including phenoxy) is 1. The van der Waals surface area contributed by atoms with Crippen molar-refractivity contribution in [2.45, 2.75) is 19.3 Å². The Hall–Kier alpha value is -0.900. The number of carbonyl (C=O) groups is 2. The van der Waals surface area contributed by atoms with E-state index in [4.69, 9.17) is 10.5 Å². The van der Waals surface area contributed by atoms with E-state index in [1.807, 2.05) is 0 Å². The zero-order valence-corrected chi connectivity index (χ0v) is 13.4. The Labute approximate surface area is 130 Å². The first-order chi connectivity index (χ1) is 8.65. The summed E-state index contributed by atoms with van der Waals surface area (Å²) in [6.07, 6.45) is 1.55. The molecule has 0 atom stereocenters. The summed E-state index contributed by atoms with van der Waals surface area (Å²) >= 11 is 0. The van der Waals surface area contributed by atoms with Crippen LogP contribution in [0.1, 0.15) is 19.3 Å². The largest absolute Gasteiger partial charge is 0.383 e. The number of nitrogens with zero attached hydrogens (tertiary/aromatic N) is 2. The molecule has 110 valence electrons. The highest BCUT2D eigenvalue weighted by molar-refractivity contribution is 14.0.